The number of rotatable bonds is 4. The van der Waals surface area contributed by atoms with Crippen LogP contribution in [-0.4, -0.2) is 39.6 Å². The molecule has 2 aliphatic rings. The number of aliphatic hydroxyl groups is 1. The topological polar surface area (TPSA) is 53.4 Å². The van der Waals surface area contributed by atoms with E-state index in [1.165, 1.54) is 0 Å². The Bertz CT molecular complexity index is 811. The number of aliphatic hydroxyl groups excluding tert-OH is 1. The fourth-order valence-corrected chi connectivity index (χ4v) is 4.70. The van der Waals surface area contributed by atoms with E-state index in [1.54, 1.807) is 12.4 Å². The number of likely N-dealkylation sites (tertiary alicyclic amines) is 1. The van der Waals surface area contributed by atoms with Crippen LogP contribution in [0.2, 0.25) is 5.02 Å². The third-order valence-corrected chi connectivity index (χ3v) is 6.30. The molecule has 1 amide bonds. The van der Waals surface area contributed by atoms with Gasteiger partial charge >= 0.3 is 0 Å². The van der Waals surface area contributed by atoms with Crippen molar-refractivity contribution in [3.05, 3.63) is 53.3 Å². The van der Waals surface area contributed by atoms with Crippen molar-refractivity contribution in [3.8, 4) is 11.1 Å². The Balaban J connectivity index is 1.44. The summed E-state index contributed by atoms with van der Waals surface area (Å²) < 4.78 is 0. The molecule has 1 saturated heterocycles. The maximum Gasteiger partial charge on any atom is 0.226 e. The van der Waals surface area contributed by atoms with E-state index >= 15 is 0 Å². The van der Waals surface area contributed by atoms with Crippen LogP contribution in [0.3, 0.4) is 0 Å². The molecule has 2 aromatic rings. The van der Waals surface area contributed by atoms with Gasteiger partial charge in [0.05, 0.1) is 6.10 Å². The van der Waals surface area contributed by atoms with Gasteiger partial charge in [0.25, 0.3) is 0 Å². The number of halogens is 1. The molecule has 1 aliphatic carbocycles. The molecule has 0 bridgehead atoms. The highest BCUT2D eigenvalue weighted by atomic mass is 35.5. The maximum absolute atomic E-state index is 12.9. The first-order valence-corrected chi connectivity index (χ1v) is 10.2. The Kier molecular flexibility index (Phi) is 5.46. The Morgan fingerprint density at radius 2 is 1.93 bits per heavy atom. The number of amides is 1. The highest BCUT2D eigenvalue weighted by molar-refractivity contribution is 6.31. The second kappa shape index (κ2) is 7.99. The molecule has 0 radical (unpaired) electrons. The molecule has 142 valence electrons. The first-order valence-electron chi connectivity index (χ1n) is 9.79. The summed E-state index contributed by atoms with van der Waals surface area (Å²) >= 11 is 6.54. The van der Waals surface area contributed by atoms with Crippen LogP contribution in [0, 0.1) is 5.92 Å². The van der Waals surface area contributed by atoms with Crippen LogP contribution < -0.4 is 0 Å². The van der Waals surface area contributed by atoms with Gasteiger partial charge in [-0.05, 0) is 73.4 Å². The predicted molar refractivity (Wildman–Crippen MR) is 106 cm³/mol. The standard InChI is InChI=1S/C22H25ClN2O2/c23-21-13-16(15-6-9-24-10-7-15)4-5-17(21)12-18-8-11-25(22(18)27)19-2-1-3-20(26)14-19/h4-7,9-10,13,18-20,26H,1-3,8,11-12,14H2. The van der Waals surface area contributed by atoms with Crippen LogP contribution in [-0.2, 0) is 11.2 Å². The lowest BCUT2D eigenvalue weighted by atomic mass is 9.91. The van der Waals surface area contributed by atoms with Gasteiger partial charge in [0.15, 0.2) is 0 Å². The summed E-state index contributed by atoms with van der Waals surface area (Å²) in [5, 5.41) is 10.6. The number of hydrogen-bond acceptors (Lipinski definition) is 3. The zero-order valence-electron chi connectivity index (χ0n) is 15.4. The summed E-state index contributed by atoms with van der Waals surface area (Å²) in [5.74, 6) is 0.219. The van der Waals surface area contributed by atoms with Crippen LogP contribution in [0.5, 0.6) is 0 Å². The number of pyridine rings is 1. The lowest BCUT2D eigenvalue weighted by Crippen LogP contribution is -2.42. The molecular formula is C22H25ClN2O2. The van der Waals surface area contributed by atoms with Gasteiger partial charge in [-0.1, -0.05) is 23.7 Å². The molecule has 1 saturated carbocycles. The largest absolute Gasteiger partial charge is 0.393 e. The van der Waals surface area contributed by atoms with Gasteiger partial charge in [-0.15, -0.1) is 0 Å². The third kappa shape index (κ3) is 4.02. The van der Waals surface area contributed by atoms with Crippen molar-refractivity contribution < 1.29 is 9.90 Å². The van der Waals surface area contributed by atoms with Crippen molar-refractivity contribution >= 4 is 17.5 Å². The quantitative estimate of drug-likeness (QED) is 0.863. The van der Waals surface area contributed by atoms with Crippen LogP contribution >= 0.6 is 11.6 Å². The second-order valence-corrected chi connectivity index (χ2v) is 8.14. The Labute approximate surface area is 165 Å². The number of carbonyl (C=O) groups is 1. The maximum atomic E-state index is 12.9. The van der Waals surface area contributed by atoms with Crippen LogP contribution in [0.15, 0.2) is 42.7 Å². The summed E-state index contributed by atoms with van der Waals surface area (Å²) in [5.41, 5.74) is 3.16. The Morgan fingerprint density at radius 1 is 1.11 bits per heavy atom. The van der Waals surface area contributed by atoms with Gasteiger partial charge in [0.1, 0.15) is 0 Å². The first kappa shape index (κ1) is 18.5. The fourth-order valence-electron chi connectivity index (χ4n) is 4.44. The van der Waals surface area contributed by atoms with Crippen molar-refractivity contribution in [3.63, 3.8) is 0 Å². The van der Waals surface area contributed by atoms with Crippen LogP contribution in [0.1, 0.15) is 37.7 Å². The summed E-state index contributed by atoms with van der Waals surface area (Å²) in [6, 6.07) is 10.2. The van der Waals surface area contributed by atoms with Crippen molar-refractivity contribution in [2.75, 3.05) is 6.54 Å². The van der Waals surface area contributed by atoms with Crippen molar-refractivity contribution in [2.24, 2.45) is 5.92 Å². The van der Waals surface area contributed by atoms with Crippen LogP contribution in [0.25, 0.3) is 11.1 Å². The number of hydrogen-bond donors (Lipinski definition) is 1. The average molecular weight is 385 g/mol. The monoisotopic (exact) mass is 384 g/mol. The van der Waals surface area contributed by atoms with Crippen LogP contribution in [0.4, 0.5) is 0 Å². The summed E-state index contributed by atoms with van der Waals surface area (Å²) in [6.07, 6.45) is 8.43. The van der Waals surface area contributed by atoms with Gasteiger partial charge < -0.3 is 10.0 Å². The molecule has 1 aromatic carbocycles. The lowest BCUT2D eigenvalue weighted by Gasteiger charge is -2.33. The lowest BCUT2D eigenvalue weighted by molar-refractivity contribution is -0.134. The molecule has 1 aliphatic heterocycles. The number of aromatic nitrogens is 1. The van der Waals surface area contributed by atoms with E-state index in [2.05, 4.69) is 11.1 Å². The molecule has 2 fully saturated rings. The molecular weight excluding hydrogens is 360 g/mol. The molecule has 1 N–H and O–H groups in total. The SMILES string of the molecule is O=C1C(Cc2ccc(-c3ccncc3)cc2Cl)CCN1C1CCCC(O)C1. The normalized spacial score (nSPS) is 25.8. The zero-order valence-corrected chi connectivity index (χ0v) is 16.1. The van der Waals surface area contributed by atoms with Gasteiger partial charge in [-0.25, -0.2) is 0 Å². The smallest absolute Gasteiger partial charge is 0.226 e. The van der Waals surface area contributed by atoms with Gasteiger partial charge in [0, 0.05) is 35.9 Å². The van der Waals surface area contributed by atoms with Crippen molar-refractivity contribution in [1.29, 1.82) is 0 Å². The second-order valence-electron chi connectivity index (χ2n) is 7.74. The molecule has 4 nitrogen and oxygen atoms in total. The third-order valence-electron chi connectivity index (χ3n) is 5.94. The summed E-state index contributed by atoms with van der Waals surface area (Å²) in [6.45, 7) is 0.799. The zero-order chi connectivity index (χ0) is 18.8. The minimum atomic E-state index is -0.259. The van der Waals surface area contributed by atoms with Gasteiger partial charge in [-0.3, -0.25) is 9.78 Å². The Hall–Kier alpha value is -1.91. The van der Waals surface area contributed by atoms with E-state index in [0.717, 1.165) is 55.3 Å². The summed E-state index contributed by atoms with van der Waals surface area (Å²) in [7, 11) is 0. The van der Waals surface area contributed by atoms with E-state index in [4.69, 9.17) is 11.6 Å². The molecule has 2 heterocycles. The molecule has 5 heteroatoms. The first-order chi connectivity index (χ1) is 13.1. The molecule has 0 spiro atoms. The highest BCUT2D eigenvalue weighted by Gasteiger charge is 2.37. The predicted octanol–water partition coefficient (Wildman–Crippen LogP) is 4.10. The van der Waals surface area contributed by atoms with E-state index in [0.29, 0.717) is 11.4 Å². The number of nitrogens with zero attached hydrogens (tertiary/aromatic N) is 2. The van der Waals surface area contributed by atoms with Gasteiger partial charge in [0.2, 0.25) is 5.91 Å². The fraction of sp³-hybridized carbons (Fsp3) is 0.455. The highest BCUT2D eigenvalue weighted by Crippen LogP contribution is 2.33. The number of carbonyl (C=O) groups excluding carboxylic acids is 1. The molecule has 3 atom stereocenters. The van der Waals surface area contributed by atoms with Gasteiger partial charge in [-0.2, -0.15) is 0 Å². The van der Waals surface area contributed by atoms with Crippen molar-refractivity contribution in [1.82, 2.24) is 9.88 Å². The van der Waals surface area contributed by atoms with Crippen molar-refractivity contribution in [2.45, 2.75) is 50.7 Å². The average Bonchev–Trinajstić information content (AvgIpc) is 3.04. The molecule has 27 heavy (non-hydrogen) atoms. The van der Waals surface area contributed by atoms with E-state index < -0.39 is 0 Å². The minimum Gasteiger partial charge on any atom is -0.393 e. The summed E-state index contributed by atoms with van der Waals surface area (Å²) in [4.78, 5) is 19.0. The molecule has 1 aromatic heterocycles. The van der Waals surface area contributed by atoms with E-state index in [1.807, 2.05) is 29.2 Å². The van der Waals surface area contributed by atoms with E-state index in [9.17, 15) is 9.90 Å². The minimum absolute atomic E-state index is 0.00616. The molecule has 4 rings (SSSR count). The Morgan fingerprint density at radius 3 is 2.67 bits per heavy atom. The number of benzene rings is 1. The molecule has 3 unspecified atom stereocenters. The van der Waals surface area contributed by atoms with E-state index in [-0.39, 0.29) is 24.0 Å².